The molecule has 9 rings (SSSR count). The summed E-state index contributed by atoms with van der Waals surface area (Å²) in [6.07, 6.45) is 16.6. The molecule has 1 aromatic heterocycles. The largest absolute Gasteiger partial charge is 0.348 e. The van der Waals surface area contributed by atoms with Gasteiger partial charge < -0.3 is 0 Å². The van der Waals surface area contributed by atoms with E-state index < -0.39 is 0 Å². The first kappa shape index (κ1) is 18.6. The minimum Gasteiger partial charge on any atom is -0.246 e. The monoisotopic (exact) mass is 439 g/mol. The van der Waals surface area contributed by atoms with Gasteiger partial charge in [0.25, 0.3) is 0 Å². The number of aromatic nitrogens is 3. The zero-order chi connectivity index (χ0) is 22.5. The Balaban J connectivity index is 1.39. The van der Waals surface area contributed by atoms with E-state index in [-0.39, 0.29) is 51.2 Å². The Morgan fingerprint density at radius 1 is 0.909 bits per heavy atom. The highest BCUT2D eigenvalue weighted by atomic mass is 16.2. The Morgan fingerprint density at radius 3 is 2.30 bits per heavy atom. The molecule has 7 aliphatic rings. The van der Waals surface area contributed by atoms with Crippen molar-refractivity contribution in [3.05, 3.63) is 86.7 Å². The summed E-state index contributed by atoms with van der Waals surface area (Å²) in [5.74, 6) is 0.572. The molecule has 2 aliphatic heterocycles. The molecule has 5 aliphatic carbocycles. The van der Waals surface area contributed by atoms with Gasteiger partial charge in [-0.05, 0) is 47.1 Å². The molecule has 2 aromatic rings. The molecule has 1 aromatic carbocycles. The number of benzene rings is 1. The SMILES string of the molecule is CC1(C)[C@H]2CC[C@@]1(C)[C@H](n1c(=O)n3n(c1=O)[C@@H]1C=C[C@@H]3[C@@]34C=Cc5ccccc5[C@@]13C=C4)C2. The van der Waals surface area contributed by atoms with Crippen molar-refractivity contribution in [1.82, 2.24) is 13.9 Å². The van der Waals surface area contributed by atoms with Gasteiger partial charge in [-0.3, -0.25) is 0 Å². The molecule has 2 fully saturated rings. The number of hydrogen-bond acceptors (Lipinski definition) is 2. The second kappa shape index (κ2) is 5.13. The maximum atomic E-state index is 14.1. The highest BCUT2D eigenvalue weighted by Gasteiger charge is 2.69. The van der Waals surface area contributed by atoms with Gasteiger partial charge in [0.05, 0.1) is 17.5 Å². The Hall–Kier alpha value is -2.82. The molecule has 3 heterocycles. The Morgan fingerprint density at radius 2 is 1.64 bits per heavy atom. The molecule has 0 N–H and O–H groups in total. The molecule has 33 heavy (non-hydrogen) atoms. The minimum atomic E-state index is -0.307. The molecule has 0 saturated heterocycles. The van der Waals surface area contributed by atoms with Crippen molar-refractivity contribution < 1.29 is 0 Å². The molecule has 168 valence electrons. The van der Waals surface area contributed by atoms with Crippen molar-refractivity contribution in [2.75, 3.05) is 0 Å². The molecule has 4 bridgehead atoms. The Kier molecular flexibility index (Phi) is 2.89. The molecular formula is C28H29N3O2. The number of nitrogens with zero attached hydrogens (tertiary/aromatic N) is 3. The van der Waals surface area contributed by atoms with E-state index in [0.29, 0.717) is 5.92 Å². The van der Waals surface area contributed by atoms with E-state index in [2.05, 4.69) is 81.5 Å². The lowest BCUT2D eigenvalue weighted by Gasteiger charge is -2.65. The van der Waals surface area contributed by atoms with Crippen LogP contribution in [0.3, 0.4) is 0 Å². The lowest BCUT2D eigenvalue weighted by molar-refractivity contribution is 0.0438. The zero-order valence-corrected chi connectivity index (χ0v) is 19.4. The van der Waals surface area contributed by atoms with E-state index in [4.69, 9.17) is 0 Å². The summed E-state index contributed by atoms with van der Waals surface area (Å²) in [7, 11) is 0. The first-order valence-electron chi connectivity index (χ1n) is 12.4. The van der Waals surface area contributed by atoms with E-state index in [1.165, 1.54) is 17.5 Å². The van der Waals surface area contributed by atoms with Gasteiger partial charge in [0.1, 0.15) is 0 Å². The van der Waals surface area contributed by atoms with Gasteiger partial charge in [-0.15, -0.1) is 0 Å². The predicted molar refractivity (Wildman–Crippen MR) is 127 cm³/mol. The van der Waals surface area contributed by atoms with Crippen molar-refractivity contribution in [3.8, 4) is 0 Å². The van der Waals surface area contributed by atoms with Crippen LogP contribution in [-0.2, 0) is 5.41 Å². The topological polar surface area (TPSA) is 48.9 Å². The van der Waals surface area contributed by atoms with Gasteiger partial charge >= 0.3 is 11.4 Å². The third-order valence-electron chi connectivity index (χ3n) is 11.3. The van der Waals surface area contributed by atoms with Crippen LogP contribution in [0.15, 0.2) is 64.2 Å². The van der Waals surface area contributed by atoms with Gasteiger partial charge in [0.15, 0.2) is 0 Å². The van der Waals surface area contributed by atoms with E-state index in [1.807, 2.05) is 4.68 Å². The van der Waals surface area contributed by atoms with Crippen molar-refractivity contribution in [2.24, 2.45) is 22.2 Å². The van der Waals surface area contributed by atoms with Crippen LogP contribution in [0.2, 0.25) is 0 Å². The third-order valence-corrected chi connectivity index (χ3v) is 11.3. The average Bonchev–Trinajstić information content (AvgIpc) is 3.26. The zero-order valence-electron chi connectivity index (χ0n) is 19.4. The average molecular weight is 440 g/mol. The Bertz CT molecular complexity index is 1480. The fourth-order valence-electron chi connectivity index (χ4n) is 9.07. The fraction of sp³-hybridized carbons (Fsp3) is 0.500. The summed E-state index contributed by atoms with van der Waals surface area (Å²) in [6.45, 7) is 6.99. The van der Waals surface area contributed by atoms with E-state index in [0.717, 1.165) is 12.8 Å². The van der Waals surface area contributed by atoms with Gasteiger partial charge in [-0.2, -0.15) is 0 Å². The predicted octanol–water partition coefficient (Wildman–Crippen LogP) is 4.39. The van der Waals surface area contributed by atoms with Crippen LogP contribution in [-0.4, -0.2) is 13.9 Å². The van der Waals surface area contributed by atoms with Crippen molar-refractivity contribution >= 4 is 6.08 Å². The fourth-order valence-corrected chi connectivity index (χ4v) is 9.07. The van der Waals surface area contributed by atoms with Gasteiger partial charge in [-0.25, -0.2) is 23.5 Å². The third kappa shape index (κ3) is 1.60. The van der Waals surface area contributed by atoms with Crippen molar-refractivity contribution in [2.45, 2.75) is 63.6 Å². The molecule has 5 heteroatoms. The van der Waals surface area contributed by atoms with Crippen LogP contribution < -0.4 is 11.4 Å². The van der Waals surface area contributed by atoms with Crippen molar-refractivity contribution in [3.63, 3.8) is 0 Å². The highest BCUT2D eigenvalue weighted by Crippen LogP contribution is 2.71. The number of fused-ring (bicyclic) bond motifs is 3. The summed E-state index contributed by atoms with van der Waals surface area (Å²) in [5.41, 5.74) is 1.75. The molecule has 0 spiro atoms. The van der Waals surface area contributed by atoms with Gasteiger partial charge in [-0.1, -0.05) is 81.5 Å². The molecule has 0 radical (unpaired) electrons. The first-order valence-corrected chi connectivity index (χ1v) is 12.4. The summed E-state index contributed by atoms with van der Waals surface area (Å²) < 4.78 is 5.27. The summed E-state index contributed by atoms with van der Waals surface area (Å²) in [6, 6.07) is 8.12. The smallest absolute Gasteiger partial charge is 0.246 e. The van der Waals surface area contributed by atoms with E-state index in [1.54, 1.807) is 9.25 Å². The number of rotatable bonds is 1. The van der Waals surface area contributed by atoms with Crippen LogP contribution in [0.4, 0.5) is 0 Å². The van der Waals surface area contributed by atoms with Gasteiger partial charge in [0.2, 0.25) is 0 Å². The standard InChI is InChI=1S/C28H29N3O2/c1-25(2)18-11-12-26(25,3)22(16-18)29-23(32)30-20-8-9-21(31(30)24(29)33)28-15-14-27(20,28)13-10-17-6-4-5-7-19(17)28/h4-10,13-15,18,20-22H,11-12,16H2,1-3H3/t18-,20+,21+,22+,26-,27-,28-/m0/s1. The summed E-state index contributed by atoms with van der Waals surface area (Å²) in [4.78, 5) is 28.2. The molecule has 2 saturated carbocycles. The lowest BCUT2D eigenvalue weighted by Crippen LogP contribution is -2.66. The van der Waals surface area contributed by atoms with Crippen LogP contribution in [0.1, 0.15) is 69.3 Å². The molecule has 7 atom stereocenters. The summed E-state index contributed by atoms with van der Waals surface area (Å²) in [5, 5.41) is 0. The quantitative estimate of drug-likeness (QED) is 0.619. The molecule has 5 nitrogen and oxygen atoms in total. The van der Waals surface area contributed by atoms with Gasteiger partial charge in [0, 0.05) is 11.5 Å². The lowest BCUT2D eigenvalue weighted by atomic mass is 9.42. The van der Waals surface area contributed by atoms with Crippen LogP contribution in [0, 0.1) is 22.2 Å². The molecule has 0 unspecified atom stereocenters. The van der Waals surface area contributed by atoms with Crippen LogP contribution in [0.5, 0.6) is 0 Å². The van der Waals surface area contributed by atoms with E-state index >= 15 is 0 Å². The Labute approximate surface area is 192 Å². The van der Waals surface area contributed by atoms with Crippen molar-refractivity contribution in [1.29, 1.82) is 0 Å². The molecule has 0 amide bonds. The normalized spacial score (nSPS) is 43.7. The number of allylic oxidation sites excluding steroid dienone is 5. The van der Waals surface area contributed by atoms with E-state index in [9.17, 15) is 9.59 Å². The second-order valence-electron chi connectivity index (χ2n) is 12.1. The van der Waals surface area contributed by atoms with Crippen LogP contribution >= 0.6 is 0 Å². The molecular weight excluding hydrogens is 410 g/mol. The second-order valence-corrected chi connectivity index (χ2v) is 12.1. The number of hydrogen-bond donors (Lipinski definition) is 0. The maximum absolute atomic E-state index is 14.1. The minimum absolute atomic E-state index is 0.0262. The van der Waals surface area contributed by atoms with Crippen LogP contribution in [0.25, 0.3) is 6.08 Å². The maximum Gasteiger partial charge on any atom is 0.348 e. The summed E-state index contributed by atoms with van der Waals surface area (Å²) >= 11 is 0. The highest BCUT2D eigenvalue weighted by molar-refractivity contribution is 5.70. The first-order chi connectivity index (χ1) is 15.8.